The van der Waals surface area contributed by atoms with Gasteiger partial charge in [-0.3, -0.25) is 4.79 Å². The zero-order valence-corrected chi connectivity index (χ0v) is 17.2. The molecule has 28 heavy (non-hydrogen) atoms. The molecule has 3 aromatic rings. The minimum atomic E-state index is -0.330. The number of aryl methyl sites for hydroxylation is 2. The van der Waals surface area contributed by atoms with Gasteiger partial charge >= 0.3 is 0 Å². The first-order valence-electron chi connectivity index (χ1n) is 9.17. The fourth-order valence-electron chi connectivity index (χ4n) is 3.27. The average molecular weight is 394 g/mol. The summed E-state index contributed by atoms with van der Waals surface area (Å²) in [7, 11) is 4.03. The summed E-state index contributed by atoms with van der Waals surface area (Å²) in [5.74, 6) is 0.865. The number of ketones is 1. The Labute approximate surface area is 168 Å². The van der Waals surface area contributed by atoms with Gasteiger partial charge in [-0.2, -0.15) is 0 Å². The number of Topliss-reactive ketones (excluding diaryl/α,β-unsaturated/α-hetero) is 1. The Morgan fingerprint density at radius 3 is 2.36 bits per heavy atom. The molecule has 0 spiro atoms. The highest BCUT2D eigenvalue weighted by atomic mass is 32.2. The molecule has 1 aliphatic heterocycles. The number of thioether (sulfide) groups is 1. The lowest BCUT2D eigenvalue weighted by Crippen LogP contribution is -2.39. The number of anilines is 1. The van der Waals surface area contributed by atoms with Crippen LogP contribution in [0.3, 0.4) is 0 Å². The summed E-state index contributed by atoms with van der Waals surface area (Å²) in [5.41, 5.74) is 7.49. The van der Waals surface area contributed by atoms with E-state index in [2.05, 4.69) is 44.8 Å². The number of benzene rings is 2. The van der Waals surface area contributed by atoms with Gasteiger partial charge in [-0.15, -0.1) is 10.2 Å². The lowest BCUT2D eigenvalue weighted by molar-refractivity contribution is 0.0980. The quantitative estimate of drug-likeness (QED) is 0.684. The van der Waals surface area contributed by atoms with E-state index >= 15 is 0 Å². The zero-order valence-electron chi connectivity index (χ0n) is 16.4. The third-order valence-corrected chi connectivity index (χ3v) is 6.18. The van der Waals surface area contributed by atoms with Crippen LogP contribution < -0.4 is 10.3 Å². The molecule has 4 rings (SSSR count). The first kappa shape index (κ1) is 18.6. The number of nitrogens with one attached hydrogen (secondary N) is 1. The van der Waals surface area contributed by atoms with E-state index in [1.54, 1.807) is 0 Å². The second-order valence-corrected chi connectivity index (χ2v) is 8.34. The largest absolute Gasteiger partial charge is 0.378 e. The number of hydrogen-bond acceptors (Lipinski definition) is 6. The minimum Gasteiger partial charge on any atom is -0.378 e. The first-order valence-corrected chi connectivity index (χ1v) is 10.1. The van der Waals surface area contributed by atoms with Gasteiger partial charge in [0.15, 0.2) is 5.78 Å². The van der Waals surface area contributed by atoms with E-state index in [9.17, 15) is 4.79 Å². The molecule has 6 nitrogen and oxygen atoms in total. The Bertz CT molecular complexity index is 995. The molecule has 0 amide bonds. The van der Waals surface area contributed by atoms with Crippen molar-refractivity contribution >= 4 is 23.2 Å². The summed E-state index contributed by atoms with van der Waals surface area (Å²) < 4.78 is 1.87. The average Bonchev–Trinajstić information content (AvgIpc) is 3.07. The maximum absolute atomic E-state index is 13.4. The van der Waals surface area contributed by atoms with Crippen LogP contribution >= 0.6 is 11.8 Å². The molecule has 0 aliphatic carbocycles. The fraction of sp³-hybridized carbons (Fsp3) is 0.286. The Balaban J connectivity index is 1.72. The van der Waals surface area contributed by atoms with E-state index in [0.29, 0.717) is 10.7 Å². The molecular formula is C21H23N5OS. The Morgan fingerprint density at radius 2 is 1.71 bits per heavy atom. The highest BCUT2D eigenvalue weighted by Gasteiger charge is 2.37. The molecule has 0 radical (unpaired) electrons. The number of carbonyl (C=O) groups is 1. The summed E-state index contributed by atoms with van der Waals surface area (Å²) in [6.45, 7) is 3.92. The molecule has 0 saturated carbocycles. The minimum absolute atomic E-state index is 0.0890. The van der Waals surface area contributed by atoms with Gasteiger partial charge in [-0.05, 0) is 31.5 Å². The van der Waals surface area contributed by atoms with Crippen molar-refractivity contribution in [3.05, 3.63) is 71.0 Å². The van der Waals surface area contributed by atoms with Crippen LogP contribution in [0, 0.1) is 13.8 Å². The van der Waals surface area contributed by atoms with Gasteiger partial charge in [0, 0.05) is 25.3 Å². The standard InChI is InChI=1S/C21H23N5OS/c1-13-5-7-16(8-6-13)19(27)20-18(15-9-11-17(12-10-15)25(3)4)24-26-14(2)22-23-21(26)28-20/h5-12,18,20,24H,1-4H3. The maximum Gasteiger partial charge on any atom is 0.210 e. The van der Waals surface area contributed by atoms with E-state index in [4.69, 9.17) is 0 Å². The molecule has 2 aromatic carbocycles. The monoisotopic (exact) mass is 393 g/mol. The van der Waals surface area contributed by atoms with Crippen molar-refractivity contribution < 1.29 is 4.79 Å². The molecule has 0 saturated heterocycles. The Hall–Kier alpha value is -2.80. The smallest absolute Gasteiger partial charge is 0.210 e. The summed E-state index contributed by atoms with van der Waals surface area (Å²) in [5, 5.41) is 8.75. The van der Waals surface area contributed by atoms with Crippen molar-refractivity contribution in [2.45, 2.75) is 30.3 Å². The highest BCUT2D eigenvalue weighted by molar-refractivity contribution is 8.00. The lowest BCUT2D eigenvalue weighted by Gasteiger charge is -2.33. The number of nitrogens with zero attached hydrogens (tertiary/aromatic N) is 4. The van der Waals surface area contributed by atoms with E-state index < -0.39 is 0 Å². The van der Waals surface area contributed by atoms with Gasteiger partial charge < -0.3 is 10.3 Å². The normalized spacial score (nSPS) is 18.3. The van der Waals surface area contributed by atoms with Crippen LogP contribution in [0.1, 0.15) is 33.4 Å². The van der Waals surface area contributed by atoms with Gasteiger partial charge in [0.05, 0.1) is 6.04 Å². The van der Waals surface area contributed by atoms with Crippen molar-refractivity contribution in [2.24, 2.45) is 0 Å². The van der Waals surface area contributed by atoms with Crippen LogP contribution in [0.15, 0.2) is 53.7 Å². The summed E-state index contributed by atoms with van der Waals surface area (Å²) in [4.78, 5) is 15.4. The van der Waals surface area contributed by atoms with Gasteiger partial charge in [-0.25, -0.2) is 4.68 Å². The third kappa shape index (κ3) is 3.38. The van der Waals surface area contributed by atoms with Crippen molar-refractivity contribution in [2.75, 3.05) is 24.4 Å². The maximum atomic E-state index is 13.4. The summed E-state index contributed by atoms with van der Waals surface area (Å²) >= 11 is 1.47. The van der Waals surface area contributed by atoms with E-state index in [1.165, 1.54) is 11.8 Å². The first-order chi connectivity index (χ1) is 13.4. The predicted octanol–water partition coefficient (Wildman–Crippen LogP) is 3.60. The van der Waals surface area contributed by atoms with Gasteiger partial charge in [-0.1, -0.05) is 53.7 Å². The van der Waals surface area contributed by atoms with Crippen LogP contribution in [0.4, 0.5) is 5.69 Å². The van der Waals surface area contributed by atoms with Crippen molar-refractivity contribution in [1.29, 1.82) is 0 Å². The fourth-order valence-corrected chi connectivity index (χ4v) is 4.47. The molecule has 144 valence electrons. The van der Waals surface area contributed by atoms with Gasteiger partial charge in [0.2, 0.25) is 5.16 Å². The lowest BCUT2D eigenvalue weighted by atomic mass is 9.97. The molecule has 2 heterocycles. The molecule has 2 unspecified atom stereocenters. The van der Waals surface area contributed by atoms with Crippen LogP contribution in [0.25, 0.3) is 0 Å². The third-order valence-electron chi connectivity index (χ3n) is 4.96. The second kappa shape index (κ2) is 7.31. The Kier molecular flexibility index (Phi) is 4.85. The molecule has 1 N–H and O–H groups in total. The van der Waals surface area contributed by atoms with Crippen LogP contribution in [-0.2, 0) is 0 Å². The van der Waals surface area contributed by atoms with Gasteiger partial charge in [0.1, 0.15) is 11.1 Å². The molecule has 1 aromatic heterocycles. The number of aromatic nitrogens is 3. The molecular weight excluding hydrogens is 370 g/mol. The second-order valence-electron chi connectivity index (χ2n) is 7.23. The van der Waals surface area contributed by atoms with E-state index in [-0.39, 0.29) is 17.1 Å². The number of rotatable bonds is 4. The highest BCUT2D eigenvalue weighted by Crippen LogP contribution is 2.38. The van der Waals surface area contributed by atoms with Gasteiger partial charge in [0.25, 0.3) is 0 Å². The predicted molar refractivity (Wildman–Crippen MR) is 113 cm³/mol. The Morgan fingerprint density at radius 1 is 1.04 bits per heavy atom. The number of hydrogen-bond donors (Lipinski definition) is 1. The molecule has 2 atom stereocenters. The van der Waals surface area contributed by atoms with Crippen LogP contribution in [0.2, 0.25) is 0 Å². The molecule has 0 fully saturated rings. The SMILES string of the molecule is Cc1ccc(C(=O)C2Sc3nnc(C)n3NC2c2ccc(N(C)C)cc2)cc1. The molecule has 1 aliphatic rings. The zero-order chi connectivity index (χ0) is 19.8. The number of carbonyl (C=O) groups excluding carboxylic acids is 1. The van der Waals surface area contributed by atoms with Crippen LogP contribution in [-0.4, -0.2) is 40.0 Å². The summed E-state index contributed by atoms with van der Waals surface area (Å²) in [6, 6.07) is 15.9. The van der Waals surface area contributed by atoms with E-state index in [0.717, 1.165) is 22.6 Å². The van der Waals surface area contributed by atoms with Crippen molar-refractivity contribution in [1.82, 2.24) is 14.9 Å². The summed E-state index contributed by atoms with van der Waals surface area (Å²) in [6.07, 6.45) is 0. The van der Waals surface area contributed by atoms with Crippen molar-refractivity contribution in [3.8, 4) is 0 Å². The molecule has 7 heteroatoms. The van der Waals surface area contributed by atoms with Crippen molar-refractivity contribution in [3.63, 3.8) is 0 Å². The van der Waals surface area contributed by atoms with Crippen LogP contribution in [0.5, 0.6) is 0 Å². The topological polar surface area (TPSA) is 63.1 Å². The van der Waals surface area contributed by atoms with E-state index in [1.807, 2.05) is 56.9 Å². The molecule has 0 bridgehead atoms. The number of fused-ring (bicyclic) bond motifs is 1.